The van der Waals surface area contributed by atoms with Crippen LogP contribution in [-0.2, 0) is 33.0 Å². The van der Waals surface area contributed by atoms with Crippen LogP contribution in [0.3, 0.4) is 0 Å². The average molecular weight is 457 g/mol. The van der Waals surface area contributed by atoms with Crippen LogP contribution in [0.5, 0.6) is 0 Å². The van der Waals surface area contributed by atoms with Gasteiger partial charge in [-0.05, 0) is 72.9 Å². The molecule has 31 heavy (non-hydrogen) atoms. The Bertz CT molecular complexity index is 1340. The third-order valence-electron chi connectivity index (χ3n) is 5.45. The standard InChI is InChI=1S/C23H24N2O4S2/c1-17-8-9-18(2)23(14-17)30(26,27)24-21-11-10-19-12-13-25(16-20(19)15-21)31(28,29)22-6-4-3-5-7-22/h3-11,14-15,24H,12-13,16H2,1-2H3. The van der Waals surface area contributed by atoms with E-state index >= 15 is 0 Å². The fourth-order valence-electron chi connectivity index (χ4n) is 3.75. The van der Waals surface area contributed by atoms with Crippen molar-refractivity contribution in [2.45, 2.75) is 36.6 Å². The number of hydrogen-bond acceptors (Lipinski definition) is 4. The van der Waals surface area contributed by atoms with Crippen LogP contribution < -0.4 is 4.72 Å². The first kappa shape index (κ1) is 21.5. The molecule has 0 fully saturated rings. The number of nitrogens with zero attached hydrogens (tertiary/aromatic N) is 1. The van der Waals surface area contributed by atoms with E-state index in [9.17, 15) is 16.8 Å². The lowest BCUT2D eigenvalue weighted by atomic mass is 10.0. The van der Waals surface area contributed by atoms with Gasteiger partial charge >= 0.3 is 0 Å². The molecular weight excluding hydrogens is 432 g/mol. The molecule has 1 aliphatic heterocycles. The Labute approximate surface area is 183 Å². The molecule has 3 aromatic rings. The third kappa shape index (κ3) is 4.37. The van der Waals surface area contributed by atoms with E-state index in [2.05, 4.69) is 4.72 Å². The topological polar surface area (TPSA) is 83.6 Å². The van der Waals surface area contributed by atoms with E-state index < -0.39 is 20.0 Å². The number of aryl methyl sites for hydroxylation is 2. The highest BCUT2D eigenvalue weighted by Gasteiger charge is 2.28. The Morgan fingerprint density at radius 1 is 0.839 bits per heavy atom. The van der Waals surface area contributed by atoms with Crippen LogP contribution in [0.25, 0.3) is 0 Å². The van der Waals surface area contributed by atoms with Gasteiger partial charge in [-0.25, -0.2) is 16.8 Å². The normalized spacial score (nSPS) is 14.8. The fraction of sp³-hybridized carbons (Fsp3) is 0.217. The predicted octanol–water partition coefficient (Wildman–Crippen LogP) is 3.85. The molecule has 4 rings (SSSR count). The monoisotopic (exact) mass is 456 g/mol. The van der Waals surface area contributed by atoms with Crippen molar-refractivity contribution in [3.05, 3.63) is 89.0 Å². The van der Waals surface area contributed by atoms with Crippen LogP contribution in [0.1, 0.15) is 22.3 Å². The zero-order valence-electron chi connectivity index (χ0n) is 17.4. The van der Waals surface area contributed by atoms with Gasteiger partial charge in [0, 0.05) is 18.8 Å². The number of fused-ring (bicyclic) bond motifs is 1. The molecule has 3 aromatic carbocycles. The summed E-state index contributed by atoms with van der Waals surface area (Å²) in [6, 6.07) is 19.0. The molecule has 0 spiro atoms. The largest absolute Gasteiger partial charge is 0.280 e. The Morgan fingerprint density at radius 2 is 1.58 bits per heavy atom. The van der Waals surface area contributed by atoms with Crippen LogP contribution in [0.2, 0.25) is 0 Å². The zero-order valence-corrected chi connectivity index (χ0v) is 19.0. The summed E-state index contributed by atoms with van der Waals surface area (Å²) in [7, 11) is -7.37. The SMILES string of the molecule is Cc1ccc(C)c(S(=O)(=O)Nc2ccc3c(c2)CN(S(=O)(=O)c2ccccc2)CC3)c1. The first-order chi connectivity index (χ1) is 14.7. The van der Waals surface area contributed by atoms with Crippen LogP contribution in [-0.4, -0.2) is 27.7 Å². The quantitative estimate of drug-likeness (QED) is 0.632. The molecule has 0 radical (unpaired) electrons. The van der Waals surface area contributed by atoms with Gasteiger partial charge in [-0.3, -0.25) is 4.72 Å². The molecule has 1 aliphatic rings. The summed E-state index contributed by atoms with van der Waals surface area (Å²) in [5.74, 6) is 0. The smallest absolute Gasteiger partial charge is 0.262 e. The number of sulfonamides is 2. The Hall–Kier alpha value is -2.68. The molecule has 1 N–H and O–H groups in total. The highest BCUT2D eigenvalue weighted by Crippen LogP contribution is 2.28. The van der Waals surface area contributed by atoms with Crippen molar-refractivity contribution in [3.8, 4) is 0 Å². The summed E-state index contributed by atoms with van der Waals surface area (Å²) in [5, 5.41) is 0. The van der Waals surface area contributed by atoms with Gasteiger partial charge in [0.2, 0.25) is 10.0 Å². The van der Waals surface area contributed by atoms with E-state index in [0.29, 0.717) is 24.2 Å². The highest BCUT2D eigenvalue weighted by molar-refractivity contribution is 7.92. The van der Waals surface area contributed by atoms with E-state index in [1.54, 1.807) is 61.5 Å². The maximum atomic E-state index is 13.0. The van der Waals surface area contributed by atoms with Gasteiger partial charge in [-0.15, -0.1) is 0 Å². The molecule has 0 saturated carbocycles. The van der Waals surface area contributed by atoms with Crippen molar-refractivity contribution < 1.29 is 16.8 Å². The molecular formula is C23H24N2O4S2. The minimum atomic E-state index is -3.76. The van der Waals surface area contributed by atoms with Crippen LogP contribution in [0, 0.1) is 13.8 Å². The summed E-state index contributed by atoms with van der Waals surface area (Å²) >= 11 is 0. The van der Waals surface area contributed by atoms with Crippen LogP contribution >= 0.6 is 0 Å². The minimum absolute atomic E-state index is 0.200. The molecule has 6 nitrogen and oxygen atoms in total. The second kappa shape index (κ2) is 8.11. The van der Waals surface area contributed by atoms with Gasteiger partial charge in [0.15, 0.2) is 0 Å². The fourth-order valence-corrected chi connectivity index (χ4v) is 6.57. The van der Waals surface area contributed by atoms with Gasteiger partial charge in [-0.2, -0.15) is 4.31 Å². The zero-order chi connectivity index (χ0) is 22.2. The predicted molar refractivity (Wildman–Crippen MR) is 121 cm³/mol. The molecule has 1 heterocycles. The number of anilines is 1. The van der Waals surface area contributed by atoms with Gasteiger partial charge in [-0.1, -0.05) is 36.4 Å². The molecule has 0 aromatic heterocycles. The van der Waals surface area contributed by atoms with E-state index in [1.807, 2.05) is 19.1 Å². The lowest BCUT2D eigenvalue weighted by Gasteiger charge is -2.28. The first-order valence-electron chi connectivity index (χ1n) is 9.94. The summed E-state index contributed by atoms with van der Waals surface area (Å²) < 4.78 is 55.9. The Kier molecular flexibility index (Phi) is 5.63. The van der Waals surface area contributed by atoms with E-state index in [-0.39, 0.29) is 16.3 Å². The molecule has 8 heteroatoms. The summed E-state index contributed by atoms with van der Waals surface area (Å²) in [6.07, 6.45) is 0.575. The molecule has 0 aliphatic carbocycles. The second-order valence-electron chi connectivity index (χ2n) is 7.76. The molecule has 0 amide bonds. The summed E-state index contributed by atoms with van der Waals surface area (Å²) in [6.45, 7) is 4.19. The number of rotatable bonds is 5. The lowest BCUT2D eigenvalue weighted by Crippen LogP contribution is -2.36. The Morgan fingerprint density at radius 3 is 2.32 bits per heavy atom. The van der Waals surface area contributed by atoms with Crippen molar-refractivity contribution in [1.29, 1.82) is 0 Å². The maximum absolute atomic E-state index is 13.0. The number of hydrogen-bond donors (Lipinski definition) is 1. The van der Waals surface area contributed by atoms with Gasteiger partial charge < -0.3 is 0 Å². The van der Waals surface area contributed by atoms with Crippen molar-refractivity contribution in [2.75, 3.05) is 11.3 Å². The molecule has 162 valence electrons. The van der Waals surface area contributed by atoms with Gasteiger partial charge in [0.1, 0.15) is 0 Å². The summed E-state index contributed by atoms with van der Waals surface area (Å²) in [4.78, 5) is 0.490. The summed E-state index contributed by atoms with van der Waals surface area (Å²) in [5.41, 5.74) is 3.76. The molecule has 0 bridgehead atoms. The first-order valence-corrected chi connectivity index (χ1v) is 12.9. The molecule has 0 unspecified atom stereocenters. The van der Waals surface area contributed by atoms with Gasteiger partial charge in [0.25, 0.3) is 10.0 Å². The van der Waals surface area contributed by atoms with Gasteiger partial charge in [0.05, 0.1) is 9.79 Å². The minimum Gasteiger partial charge on any atom is -0.280 e. The highest BCUT2D eigenvalue weighted by atomic mass is 32.2. The lowest BCUT2D eigenvalue weighted by molar-refractivity contribution is 0.391. The van der Waals surface area contributed by atoms with E-state index in [1.165, 1.54) is 4.31 Å². The van der Waals surface area contributed by atoms with Crippen molar-refractivity contribution in [3.63, 3.8) is 0 Å². The van der Waals surface area contributed by atoms with E-state index in [4.69, 9.17) is 0 Å². The van der Waals surface area contributed by atoms with Crippen molar-refractivity contribution >= 4 is 25.7 Å². The van der Waals surface area contributed by atoms with E-state index in [0.717, 1.165) is 16.7 Å². The van der Waals surface area contributed by atoms with Crippen molar-refractivity contribution in [2.24, 2.45) is 0 Å². The second-order valence-corrected chi connectivity index (χ2v) is 11.3. The molecule has 0 atom stereocenters. The molecule has 0 saturated heterocycles. The van der Waals surface area contributed by atoms with Crippen molar-refractivity contribution in [1.82, 2.24) is 4.31 Å². The average Bonchev–Trinajstić information content (AvgIpc) is 2.75. The van der Waals surface area contributed by atoms with Crippen LogP contribution in [0.4, 0.5) is 5.69 Å². The number of nitrogens with one attached hydrogen (secondary N) is 1. The maximum Gasteiger partial charge on any atom is 0.262 e. The van der Waals surface area contributed by atoms with Crippen LogP contribution in [0.15, 0.2) is 76.5 Å². The Balaban J connectivity index is 1.61. The third-order valence-corrected chi connectivity index (χ3v) is 8.83. The number of benzene rings is 3.